The topological polar surface area (TPSA) is 44.8 Å². The van der Waals surface area contributed by atoms with Crippen molar-refractivity contribution < 1.29 is 9.53 Å². The highest BCUT2D eigenvalue weighted by Gasteiger charge is 2.33. The Labute approximate surface area is 129 Å². The lowest BCUT2D eigenvalue weighted by Crippen LogP contribution is -2.42. The van der Waals surface area contributed by atoms with Gasteiger partial charge >= 0.3 is 5.97 Å². The number of ether oxygens (including phenoxy) is 1. The summed E-state index contributed by atoms with van der Waals surface area (Å²) in [6, 6.07) is 1.03. The Hall–Kier alpha value is -0.650. The number of esters is 1. The lowest BCUT2D eigenvalue weighted by atomic mass is 10.1. The van der Waals surface area contributed by atoms with E-state index in [4.69, 9.17) is 4.74 Å². The number of nitrogens with zero attached hydrogens (tertiary/aromatic N) is 2. The van der Waals surface area contributed by atoms with E-state index >= 15 is 0 Å². The monoisotopic (exact) mass is 297 g/mol. The molecule has 1 aliphatic carbocycles. The minimum absolute atomic E-state index is 0.0826. The van der Waals surface area contributed by atoms with Crippen molar-refractivity contribution in [3.8, 4) is 0 Å². The van der Waals surface area contributed by atoms with Crippen LogP contribution >= 0.6 is 0 Å². The standard InChI is InChI=1S/C16H31N3O2/c1-5-21-16(20)14(17-13-6-7-13)8-9-19-10-12(2)15(11-19)18(3)4/h12-15,17H,5-11H2,1-4H3. The minimum Gasteiger partial charge on any atom is -0.465 e. The van der Waals surface area contributed by atoms with Gasteiger partial charge in [0, 0.05) is 31.7 Å². The van der Waals surface area contributed by atoms with E-state index in [9.17, 15) is 4.79 Å². The molecule has 2 fully saturated rings. The lowest BCUT2D eigenvalue weighted by molar-refractivity contribution is -0.146. The van der Waals surface area contributed by atoms with Crippen LogP contribution in [0.1, 0.15) is 33.1 Å². The van der Waals surface area contributed by atoms with E-state index in [1.807, 2.05) is 6.92 Å². The van der Waals surface area contributed by atoms with Gasteiger partial charge in [-0.25, -0.2) is 0 Å². The van der Waals surface area contributed by atoms with Gasteiger partial charge < -0.3 is 19.9 Å². The highest BCUT2D eigenvalue weighted by Crippen LogP contribution is 2.22. The quantitative estimate of drug-likeness (QED) is 0.676. The molecular weight excluding hydrogens is 266 g/mol. The molecule has 2 aliphatic rings. The number of likely N-dealkylation sites (N-methyl/N-ethyl adjacent to an activating group) is 1. The third kappa shape index (κ3) is 4.94. The normalized spacial score (nSPS) is 28.0. The molecule has 3 unspecified atom stereocenters. The summed E-state index contributed by atoms with van der Waals surface area (Å²) in [5.41, 5.74) is 0. The number of hydrogen-bond acceptors (Lipinski definition) is 5. The highest BCUT2D eigenvalue weighted by atomic mass is 16.5. The number of carbonyl (C=O) groups excluding carboxylic acids is 1. The second kappa shape index (κ2) is 7.56. The summed E-state index contributed by atoms with van der Waals surface area (Å²) in [6.07, 6.45) is 3.24. The molecule has 5 nitrogen and oxygen atoms in total. The van der Waals surface area contributed by atoms with E-state index in [0.29, 0.717) is 24.6 Å². The summed E-state index contributed by atoms with van der Waals surface area (Å²) in [6.45, 7) is 7.85. The average molecular weight is 297 g/mol. The van der Waals surface area contributed by atoms with Gasteiger partial charge in [-0.05, 0) is 46.2 Å². The van der Waals surface area contributed by atoms with Gasteiger partial charge in [0.15, 0.2) is 0 Å². The van der Waals surface area contributed by atoms with Crippen LogP contribution in [0.5, 0.6) is 0 Å². The summed E-state index contributed by atoms with van der Waals surface area (Å²) in [5, 5.41) is 3.43. The van der Waals surface area contributed by atoms with E-state index in [-0.39, 0.29) is 12.0 Å². The second-order valence-electron chi connectivity index (χ2n) is 6.80. The maximum Gasteiger partial charge on any atom is 0.323 e. The van der Waals surface area contributed by atoms with E-state index in [0.717, 1.165) is 26.1 Å². The first-order chi connectivity index (χ1) is 10.0. The fourth-order valence-electron chi connectivity index (χ4n) is 3.26. The Kier molecular flexibility index (Phi) is 6.02. The van der Waals surface area contributed by atoms with Gasteiger partial charge in [0.2, 0.25) is 0 Å². The van der Waals surface area contributed by atoms with Gasteiger partial charge in [0.1, 0.15) is 6.04 Å². The fourth-order valence-corrected chi connectivity index (χ4v) is 3.26. The Balaban J connectivity index is 1.79. The first-order valence-corrected chi connectivity index (χ1v) is 8.32. The predicted octanol–water partition coefficient (Wildman–Crippen LogP) is 0.942. The Morgan fingerprint density at radius 1 is 1.38 bits per heavy atom. The van der Waals surface area contributed by atoms with E-state index in [1.165, 1.54) is 12.8 Å². The van der Waals surface area contributed by atoms with E-state index in [2.05, 4.69) is 36.1 Å². The Bertz CT molecular complexity index is 344. The van der Waals surface area contributed by atoms with E-state index in [1.54, 1.807) is 0 Å². The van der Waals surface area contributed by atoms with Gasteiger partial charge in [0.05, 0.1) is 6.61 Å². The van der Waals surface area contributed by atoms with Crippen molar-refractivity contribution in [2.45, 2.75) is 51.2 Å². The second-order valence-corrected chi connectivity index (χ2v) is 6.80. The molecule has 1 N–H and O–H groups in total. The molecular formula is C16H31N3O2. The fraction of sp³-hybridized carbons (Fsp3) is 0.938. The van der Waals surface area contributed by atoms with Crippen molar-refractivity contribution in [3.05, 3.63) is 0 Å². The van der Waals surface area contributed by atoms with Crippen molar-refractivity contribution in [2.75, 3.05) is 40.3 Å². The number of nitrogens with one attached hydrogen (secondary N) is 1. The van der Waals surface area contributed by atoms with Crippen LogP contribution in [-0.2, 0) is 9.53 Å². The number of rotatable bonds is 8. The molecule has 1 saturated heterocycles. The minimum atomic E-state index is -0.133. The van der Waals surface area contributed by atoms with Crippen LogP contribution in [0.4, 0.5) is 0 Å². The average Bonchev–Trinajstić information content (AvgIpc) is 3.16. The largest absolute Gasteiger partial charge is 0.465 e. The van der Waals surface area contributed by atoms with Gasteiger partial charge in [-0.15, -0.1) is 0 Å². The van der Waals surface area contributed by atoms with Gasteiger partial charge in [-0.2, -0.15) is 0 Å². The molecule has 1 aliphatic heterocycles. The number of hydrogen-bond donors (Lipinski definition) is 1. The zero-order valence-electron chi connectivity index (χ0n) is 14.0. The predicted molar refractivity (Wildman–Crippen MR) is 84.3 cm³/mol. The summed E-state index contributed by atoms with van der Waals surface area (Å²) in [7, 11) is 4.31. The molecule has 1 heterocycles. The molecule has 1 saturated carbocycles. The van der Waals surface area contributed by atoms with E-state index < -0.39 is 0 Å². The van der Waals surface area contributed by atoms with Crippen molar-refractivity contribution in [1.82, 2.24) is 15.1 Å². The Morgan fingerprint density at radius 2 is 2.10 bits per heavy atom. The van der Waals surface area contributed by atoms with Gasteiger partial charge in [0.25, 0.3) is 0 Å². The van der Waals surface area contributed by atoms with Crippen LogP contribution in [0.3, 0.4) is 0 Å². The third-order valence-electron chi connectivity index (χ3n) is 4.63. The third-order valence-corrected chi connectivity index (χ3v) is 4.63. The van der Waals surface area contributed by atoms with Crippen LogP contribution in [0.2, 0.25) is 0 Å². The zero-order chi connectivity index (χ0) is 15.4. The molecule has 21 heavy (non-hydrogen) atoms. The van der Waals surface area contributed by atoms with Crippen LogP contribution < -0.4 is 5.32 Å². The van der Waals surface area contributed by atoms with Crippen LogP contribution in [-0.4, -0.2) is 74.2 Å². The van der Waals surface area contributed by atoms with Gasteiger partial charge in [-0.1, -0.05) is 6.92 Å². The molecule has 0 aromatic rings. The summed E-state index contributed by atoms with van der Waals surface area (Å²) >= 11 is 0. The molecule has 0 aromatic heterocycles. The molecule has 0 aromatic carbocycles. The molecule has 3 atom stereocenters. The van der Waals surface area contributed by atoms with Crippen molar-refractivity contribution in [3.63, 3.8) is 0 Å². The molecule has 122 valence electrons. The maximum absolute atomic E-state index is 12.0. The molecule has 0 amide bonds. The number of likely N-dealkylation sites (tertiary alicyclic amines) is 1. The summed E-state index contributed by atoms with van der Waals surface area (Å²) in [4.78, 5) is 16.8. The molecule has 5 heteroatoms. The Morgan fingerprint density at radius 3 is 2.62 bits per heavy atom. The molecule has 0 spiro atoms. The van der Waals surface area contributed by atoms with Crippen LogP contribution in [0.15, 0.2) is 0 Å². The van der Waals surface area contributed by atoms with Crippen molar-refractivity contribution >= 4 is 5.97 Å². The maximum atomic E-state index is 12.0. The molecule has 2 rings (SSSR count). The summed E-state index contributed by atoms with van der Waals surface area (Å²) in [5.74, 6) is 0.609. The SMILES string of the molecule is CCOC(=O)C(CCN1CC(C)C(N(C)C)C1)NC1CC1. The molecule has 0 radical (unpaired) electrons. The smallest absolute Gasteiger partial charge is 0.323 e. The zero-order valence-corrected chi connectivity index (χ0v) is 14.0. The summed E-state index contributed by atoms with van der Waals surface area (Å²) < 4.78 is 5.20. The van der Waals surface area contributed by atoms with Gasteiger partial charge in [-0.3, -0.25) is 4.79 Å². The lowest BCUT2D eigenvalue weighted by Gasteiger charge is -2.23. The molecule has 0 bridgehead atoms. The first kappa shape index (κ1) is 16.7. The van der Waals surface area contributed by atoms with Crippen LogP contribution in [0, 0.1) is 5.92 Å². The van der Waals surface area contributed by atoms with Crippen LogP contribution in [0.25, 0.3) is 0 Å². The van der Waals surface area contributed by atoms with Crippen molar-refractivity contribution in [1.29, 1.82) is 0 Å². The number of carbonyl (C=O) groups is 1. The van der Waals surface area contributed by atoms with Crippen molar-refractivity contribution in [2.24, 2.45) is 5.92 Å². The highest BCUT2D eigenvalue weighted by molar-refractivity contribution is 5.75. The first-order valence-electron chi connectivity index (χ1n) is 8.32.